The molecule has 1 aromatic heterocycles. The van der Waals surface area contributed by atoms with Gasteiger partial charge in [-0.2, -0.15) is 0 Å². The maximum Gasteiger partial charge on any atom is 0.347 e. The molecule has 0 saturated carbocycles. The second-order valence-electron chi connectivity index (χ2n) is 7.41. The summed E-state index contributed by atoms with van der Waals surface area (Å²) in [6, 6.07) is 7.19. The molecule has 10 heteroatoms. The molecule has 0 aliphatic carbocycles. The predicted molar refractivity (Wildman–Crippen MR) is 114 cm³/mol. The summed E-state index contributed by atoms with van der Waals surface area (Å²) in [5.74, 6) is -1.45. The molecule has 4 rings (SSSR count). The number of hydrogen-bond acceptors (Lipinski definition) is 8. The molecule has 2 fully saturated rings. The van der Waals surface area contributed by atoms with Crippen molar-refractivity contribution in [3.05, 3.63) is 40.2 Å². The van der Waals surface area contributed by atoms with Gasteiger partial charge in [-0.05, 0) is 26.0 Å². The Balaban J connectivity index is 1.72. The zero-order valence-electron chi connectivity index (χ0n) is 17.7. The Hall–Kier alpha value is -2.62. The lowest BCUT2D eigenvalue weighted by molar-refractivity contribution is -0.150. The van der Waals surface area contributed by atoms with Crippen LogP contribution in [0.5, 0.6) is 5.75 Å². The second kappa shape index (κ2) is 9.48. The Kier molecular flexibility index (Phi) is 6.68. The number of rotatable bonds is 7. The first-order valence-corrected chi connectivity index (χ1v) is 11.0. The van der Waals surface area contributed by atoms with Gasteiger partial charge in [-0.1, -0.05) is 12.1 Å². The fourth-order valence-corrected chi connectivity index (χ4v) is 4.24. The van der Waals surface area contributed by atoms with Crippen molar-refractivity contribution in [2.45, 2.75) is 44.8 Å². The largest absolute Gasteiger partial charge is 0.483 e. The predicted octanol–water partition coefficient (Wildman–Crippen LogP) is 1.89. The summed E-state index contributed by atoms with van der Waals surface area (Å²) in [4.78, 5) is 37.5. The zero-order chi connectivity index (χ0) is 22.8. The van der Waals surface area contributed by atoms with Gasteiger partial charge in [-0.25, -0.2) is 4.79 Å². The van der Waals surface area contributed by atoms with E-state index in [1.165, 1.54) is 4.57 Å². The molecule has 2 saturated heterocycles. The molecule has 0 N–H and O–H groups in total. The number of halogens is 1. The number of ether oxygens (including phenoxy) is 5. The van der Waals surface area contributed by atoms with Gasteiger partial charge < -0.3 is 28.3 Å². The average Bonchev–Trinajstić information content (AvgIpc) is 3.37. The highest BCUT2D eigenvalue weighted by molar-refractivity contribution is 6.26. The summed E-state index contributed by atoms with van der Waals surface area (Å²) in [5.41, 5.74) is -0.0184. The molecule has 0 amide bonds. The number of fused-ring (bicyclic) bond motifs is 2. The molecule has 2 aliphatic heterocycles. The molecule has 4 atom stereocenters. The number of pyridine rings is 1. The zero-order valence-corrected chi connectivity index (χ0v) is 18.5. The van der Waals surface area contributed by atoms with Gasteiger partial charge in [-0.15, -0.1) is 11.6 Å². The van der Waals surface area contributed by atoms with E-state index in [2.05, 4.69) is 0 Å². The molecule has 0 unspecified atom stereocenters. The summed E-state index contributed by atoms with van der Waals surface area (Å²) in [7, 11) is 0. The highest BCUT2D eigenvalue weighted by atomic mass is 35.5. The summed E-state index contributed by atoms with van der Waals surface area (Å²) in [6.45, 7) is 4.26. The summed E-state index contributed by atoms with van der Waals surface area (Å²) in [6.07, 6.45) is -2.28. The molecule has 32 heavy (non-hydrogen) atoms. The fraction of sp³-hybridized carbons (Fsp3) is 0.500. The quantitative estimate of drug-likeness (QED) is 0.451. The monoisotopic (exact) mass is 465 g/mol. The smallest absolute Gasteiger partial charge is 0.347 e. The summed E-state index contributed by atoms with van der Waals surface area (Å²) >= 11 is 5.52. The van der Waals surface area contributed by atoms with Crippen LogP contribution < -0.4 is 10.3 Å². The van der Waals surface area contributed by atoms with Crippen molar-refractivity contribution in [1.82, 2.24) is 4.57 Å². The molecule has 9 nitrogen and oxygen atoms in total. The number of hydrogen-bond donors (Lipinski definition) is 0. The molecular weight excluding hydrogens is 442 g/mol. The minimum absolute atomic E-state index is 0.116. The van der Waals surface area contributed by atoms with Gasteiger partial charge in [0.15, 0.2) is 17.8 Å². The lowest BCUT2D eigenvalue weighted by Gasteiger charge is -2.22. The third-order valence-electron chi connectivity index (χ3n) is 5.55. The van der Waals surface area contributed by atoms with Gasteiger partial charge in [0, 0.05) is 11.9 Å². The first-order valence-electron chi connectivity index (χ1n) is 10.5. The second-order valence-corrected chi connectivity index (χ2v) is 7.67. The van der Waals surface area contributed by atoms with Gasteiger partial charge in [0.1, 0.15) is 23.8 Å². The van der Waals surface area contributed by atoms with Crippen LogP contribution in [-0.4, -0.2) is 66.6 Å². The van der Waals surface area contributed by atoms with Crippen molar-refractivity contribution in [1.29, 1.82) is 0 Å². The molecule has 1 aromatic carbocycles. The Morgan fingerprint density at radius 2 is 1.81 bits per heavy atom. The van der Waals surface area contributed by atoms with E-state index in [0.29, 0.717) is 17.4 Å². The van der Waals surface area contributed by atoms with Crippen LogP contribution in [0.15, 0.2) is 29.1 Å². The van der Waals surface area contributed by atoms with Crippen molar-refractivity contribution in [3.63, 3.8) is 0 Å². The number of para-hydroxylation sites is 1. The number of carbonyl (C=O) groups excluding carboxylic acids is 2. The van der Waals surface area contributed by atoms with Gasteiger partial charge in [0.2, 0.25) is 0 Å². The lowest BCUT2D eigenvalue weighted by atomic mass is 10.1. The van der Waals surface area contributed by atoms with E-state index >= 15 is 0 Å². The van der Waals surface area contributed by atoms with Gasteiger partial charge in [0.05, 0.1) is 25.3 Å². The standard InChI is InChI=1S/C22H24ClNO8/c1-3-24-13-8-6-5-7-12(13)18(17(21(24)26)22(27)28-4-2)32-15-11-30-19-14(10-29-20(15)19)31-16(25)9-23/h5-8,14-15,19-20H,3-4,9-11H2,1-2H3/t14-,15-,19+,20+/m0/s1. The Morgan fingerprint density at radius 1 is 1.12 bits per heavy atom. The molecule has 2 aliphatic rings. The van der Waals surface area contributed by atoms with Crippen molar-refractivity contribution >= 4 is 34.4 Å². The van der Waals surface area contributed by atoms with Crippen molar-refractivity contribution in [3.8, 4) is 5.75 Å². The normalized spacial score (nSPS) is 24.3. The van der Waals surface area contributed by atoms with E-state index in [0.717, 1.165) is 0 Å². The number of benzene rings is 1. The van der Waals surface area contributed by atoms with E-state index < -0.39 is 41.9 Å². The van der Waals surface area contributed by atoms with Crippen LogP contribution in [0.25, 0.3) is 10.9 Å². The fourth-order valence-electron chi connectivity index (χ4n) is 4.18. The first-order chi connectivity index (χ1) is 15.5. The van der Waals surface area contributed by atoms with Gasteiger partial charge >= 0.3 is 11.9 Å². The SMILES string of the molecule is CCOC(=O)c1c(O[C@H]2CO[C@H]3[C@@H]2OC[C@@H]3OC(=O)CCl)c2ccccc2n(CC)c1=O. The van der Waals surface area contributed by atoms with Crippen LogP contribution in [0, 0.1) is 0 Å². The van der Waals surface area contributed by atoms with Crippen LogP contribution in [0.3, 0.4) is 0 Å². The summed E-state index contributed by atoms with van der Waals surface area (Å²) in [5, 5.41) is 0.601. The van der Waals surface area contributed by atoms with E-state index in [4.69, 9.17) is 35.3 Å². The topological polar surface area (TPSA) is 102 Å². The van der Waals surface area contributed by atoms with Crippen LogP contribution in [-0.2, 0) is 30.3 Å². The molecule has 0 bridgehead atoms. The molecular formula is C22H24ClNO8. The Bertz CT molecular complexity index is 1080. The highest BCUT2D eigenvalue weighted by Crippen LogP contribution is 2.35. The van der Waals surface area contributed by atoms with E-state index in [1.807, 2.05) is 13.0 Å². The average molecular weight is 466 g/mol. The minimum Gasteiger partial charge on any atom is -0.483 e. The number of alkyl halides is 1. The third-order valence-corrected chi connectivity index (χ3v) is 5.76. The number of esters is 2. The number of aryl methyl sites for hydroxylation is 1. The van der Waals surface area contributed by atoms with Crippen molar-refractivity contribution < 1.29 is 33.3 Å². The third kappa shape index (κ3) is 3.96. The minimum atomic E-state index is -0.753. The summed E-state index contributed by atoms with van der Waals surface area (Å²) < 4.78 is 29.8. The van der Waals surface area contributed by atoms with E-state index in [1.54, 1.807) is 25.1 Å². The lowest BCUT2D eigenvalue weighted by Crippen LogP contribution is -2.37. The first kappa shape index (κ1) is 22.6. The molecule has 172 valence electrons. The van der Waals surface area contributed by atoms with Crippen LogP contribution in [0.1, 0.15) is 24.2 Å². The maximum absolute atomic E-state index is 13.2. The van der Waals surface area contributed by atoms with Crippen LogP contribution in [0.4, 0.5) is 0 Å². The Labute approximate surface area is 189 Å². The molecule has 0 radical (unpaired) electrons. The number of nitrogens with zero attached hydrogens (tertiary/aromatic N) is 1. The molecule has 3 heterocycles. The van der Waals surface area contributed by atoms with E-state index in [9.17, 15) is 14.4 Å². The van der Waals surface area contributed by atoms with Crippen LogP contribution >= 0.6 is 11.6 Å². The van der Waals surface area contributed by atoms with Crippen LogP contribution in [0.2, 0.25) is 0 Å². The highest BCUT2D eigenvalue weighted by Gasteiger charge is 2.51. The number of aromatic nitrogens is 1. The van der Waals surface area contributed by atoms with Gasteiger partial charge in [-0.3, -0.25) is 9.59 Å². The maximum atomic E-state index is 13.2. The van der Waals surface area contributed by atoms with Gasteiger partial charge in [0.25, 0.3) is 5.56 Å². The Morgan fingerprint density at radius 3 is 2.50 bits per heavy atom. The number of carbonyl (C=O) groups is 2. The molecule has 0 spiro atoms. The van der Waals surface area contributed by atoms with Crippen molar-refractivity contribution in [2.24, 2.45) is 0 Å². The van der Waals surface area contributed by atoms with E-state index in [-0.39, 0.29) is 37.0 Å². The van der Waals surface area contributed by atoms with Crippen molar-refractivity contribution in [2.75, 3.05) is 25.7 Å². The molecule has 2 aromatic rings.